The highest BCUT2D eigenvalue weighted by Gasteiger charge is 2.19. The van der Waals surface area contributed by atoms with Crippen molar-refractivity contribution in [3.63, 3.8) is 0 Å². The lowest BCUT2D eigenvalue weighted by atomic mass is 10.1. The molecule has 0 amide bonds. The molecular formula is C16H19N3. The van der Waals surface area contributed by atoms with Crippen molar-refractivity contribution in [3.8, 4) is 11.3 Å². The van der Waals surface area contributed by atoms with Gasteiger partial charge in [-0.25, -0.2) is 9.97 Å². The average molecular weight is 253 g/mol. The lowest BCUT2D eigenvalue weighted by Gasteiger charge is -2.08. The molecule has 1 aliphatic heterocycles. The van der Waals surface area contributed by atoms with Crippen LogP contribution in [0.4, 0.5) is 0 Å². The first kappa shape index (κ1) is 12.3. The Kier molecular flexibility index (Phi) is 3.56. The smallest absolute Gasteiger partial charge is 0.133 e. The first-order valence-electron chi connectivity index (χ1n) is 7.00. The monoisotopic (exact) mass is 253 g/mol. The fourth-order valence-corrected chi connectivity index (χ4v) is 2.52. The summed E-state index contributed by atoms with van der Waals surface area (Å²) in [6, 6.07) is 10.6. The Balaban J connectivity index is 1.89. The second-order valence-electron chi connectivity index (χ2n) is 5.04. The molecule has 0 bridgehead atoms. The van der Waals surface area contributed by atoms with E-state index >= 15 is 0 Å². The first-order chi connectivity index (χ1) is 9.36. The van der Waals surface area contributed by atoms with Crippen LogP contribution in [-0.2, 0) is 6.42 Å². The summed E-state index contributed by atoms with van der Waals surface area (Å²) in [5.74, 6) is 1.44. The molecule has 2 aromatic rings. The van der Waals surface area contributed by atoms with Crippen LogP contribution >= 0.6 is 0 Å². The zero-order valence-electron chi connectivity index (χ0n) is 11.3. The predicted octanol–water partition coefficient (Wildman–Crippen LogP) is 2.78. The average Bonchev–Trinajstić information content (AvgIpc) is 3.02. The molecule has 0 saturated carbocycles. The maximum atomic E-state index is 4.73. The van der Waals surface area contributed by atoms with Gasteiger partial charge in [0.2, 0.25) is 0 Å². The Morgan fingerprint density at radius 3 is 2.74 bits per heavy atom. The van der Waals surface area contributed by atoms with Crippen LogP contribution < -0.4 is 5.32 Å². The van der Waals surface area contributed by atoms with E-state index in [0.717, 1.165) is 37.4 Å². The van der Waals surface area contributed by atoms with Gasteiger partial charge in [0.15, 0.2) is 0 Å². The van der Waals surface area contributed by atoms with Crippen LogP contribution in [0.15, 0.2) is 36.5 Å². The van der Waals surface area contributed by atoms with Crippen molar-refractivity contribution in [3.05, 3.63) is 47.9 Å². The Labute approximate surface area is 114 Å². The standard InChI is InChI=1S/C16H19N3/c1-2-12-3-5-13(6-4-12)15-8-10-18-16(19-15)14-7-9-17-11-14/h3-6,8,10,14,17H,2,7,9,11H2,1H3. The molecule has 1 atom stereocenters. The van der Waals surface area contributed by atoms with Crippen molar-refractivity contribution in [2.24, 2.45) is 0 Å². The molecule has 1 aromatic heterocycles. The van der Waals surface area contributed by atoms with Crippen LogP contribution in [0.5, 0.6) is 0 Å². The molecule has 0 radical (unpaired) electrons. The Hall–Kier alpha value is -1.74. The molecule has 19 heavy (non-hydrogen) atoms. The van der Waals surface area contributed by atoms with E-state index in [2.05, 4.69) is 41.5 Å². The number of aromatic nitrogens is 2. The highest BCUT2D eigenvalue weighted by molar-refractivity contribution is 5.59. The molecule has 3 nitrogen and oxygen atoms in total. The summed E-state index contributed by atoms with van der Waals surface area (Å²) in [6.45, 7) is 4.24. The van der Waals surface area contributed by atoms with Crippen LogP contribution in [0, 0.1) is 0 Å². The van der Waals surface area contributed by atoms with Crippen LogP contribution in [0.25, 0.3) is 11.3 Å². The zero-order valence-corrected chi connectivity index (χ0v) is 11.3. The van der Waals surface area contributed by atoms with Crippen molar-refractivity contribution in [2.45, 2.75) is 25.7 Å². The van der Waals surface area contributed by atoms with Crippen molar-refractivity contribution in [1.82, 2.24) is 15.3 Å². The van der Waals surface area contributed by atoms with Gasteiger partial charge in [0.25, 0.3) is 0 Å². The highest BCUT2D eigenvalue weighted by Crippen LogP contribution is 2.22. The molecule has 3 rings (SSSR count). The molecule has 1 saturated heterocycles. The summed E-state index contributed by atoms with van der Waals surface area (Å²) >= 11 is 0. The molecule has 1 unspecified atom stereocenters. The topological polar surface area (TPSA) is 37.8 Å². The lowest BCUT2D eigenvalue weighted by molar-refractivity contribution is 0.703. The Bertz CT molecular complexity index is 542. The second-order valence-corrected chi connectivity index (χ2v) is 5.04. The third kappa shape index (κ3) is 2.66. The van der Waals surface area contributed by atoms with Gasteiger partial charge in [0, 0.05) is 24.2 Å². The third-order valence-corrected chi connectivity index (χ3v) is 3.76. The van der Waals surface area contributed by atoms with E-state index in [-0.39, 0.29) is 0 Å². The summed E-state index contributed by atoms with van der Waals surface area (Å²) in [6.07, 6.45) is 4.09. The molecule has 98 valence electrons. The van der Waals surface area contributed by atoms with Crippen molar-refractivity contribution >= 4 is 0 Å². The maximum Gasteiger partial charge on any atom is 0.133 e. The zero-order chi connectivity index (χ0) is 13.1. The predicted molar refractivity (Wildman–Crippen MR) is 77.1 cm³/mol. The van der Waals surface area contributed by atoms with Crippen LogP contribution in [0.1, 0.15) is 30.7 Å². The SMILES string of the molecule is CCc1ccc(-c2ccnc(C3CCNC3)n2)cc1. The minimum absolute atomic E-state index is 0.467. The quantitative estimate of drug-likeness (QED) is 0.914. The number of nitrogens with one attached hydrogen (secondary N) is 1. The van der Waals surface area contributed by atoms with E-state index < -0.39 is 0 Å². The number of hydrogen-bond donors (Lipinski definition) is 1. The van der Waals surface area contributed by atoms with Gasteiger partial charge in [0.1, 0.15) is 5.82 Å². The molecule has 2 heterocycles. The van der Waals surface area contributed by atoms with E-state index in [1.54, 1.807) is 0 Å². The van der Waals surface area contributed by atoms with E-state index in [0.29, 0.717) is 5.92 Å². The molecule has 0 spiro atoms. The Morgan fingerprint density at radius 1 is 1.21 bits per heavy atom. The van der Waals surface area contributed by atoms with Gasteiger partial charge in [-0.1, -0.05) is 31.2 Å². The largest absolute Gasteiger partial charge is 0.316 e. The molecule has 1 N–H and O–H groups in total. The summed E-state index contributed by atoms with van der Waals surface area (Å²) in [5, 5.41) is 3.37. The molecule has 1 aromatic carbocycles. The minimum atomic E-state index is 0.467. The van der Waals surface area contributed by atoms with Crippen molar-refractivity contribution < 1.29 is 0 Å². The minimum Gasteiger partial charge on any atom is -0.316 e. The van der Waals surface area contributed by atoms with Crippen molar-refractivity contribution in [1.29, 1.82) is 0 Å². The van der Waals surface area contributed by atoms with Gasteiger partial charge in [-0.3, -0.25) is 0 Å². The van der Waals surface area contributed by atoms with Gasteiger partial charge in [-0.15, -0.1) is 0 Å². The maximum absolute atomic E-state index is 4.73. The molecule has 3 heteroatoms. The van der Waals surface area contributed by atoms with Crippen molar-refractivity contribution in [2.75, 3.05) is 13.1 Å². The van der Waals surface area contributed by atoms with Gasteiger partial charge < -0.3 is 5.32 Å². The molecule has 0 aliphatic carbocycles. The van der Waals surface area contributed by atoms with Gasteiger partial charge in [-0.05, 0) is 31.0 Å². The third-order valence-electron chi connectivity index (χ3n) is 3.76. The van der Waals surface area contributed by atoms with Crippen LogP contribution in [0.3, 0.4) is 0 Å². The first-order valence-corrected chi connectivity index (χ1v) is 7.00. The number of benzene rings is 1. The van der Waals surface area contributed by atoms with Crippen LogP contribution in [0.2, 0.25) is 0 Å². The summed E-state index contributed by atoms with van der Waals surface area (Å²) < 4.78 is 0. The summed E-state index contributed by atoms with van der Waals surface area (Å²) in [5.41, 5.74) is 3.56. The van der Waals surface area contributed by atoms with Gasteiger partial charge in [-0.2, -0.15) is 0 Å². The highest BCUT2D eigenvalue weighted by atomic mass is 15.0. The molecule has 1 aliphatic rings. The summed E-state index contributed by atoms with van der Waals surface area (Å²) in [4.78, 5) is 9.16. The van der Waals surface area contributed by atoms with Crippen LogP contribution in [-0.4, -0.2) is 23.1 Å². The fourth-order valence-electron chi connectivity index (χ4n) is 2.52. The number of aryl methyl sites for hydroxylation is 1. The Morgan fingerprint density at radius 2 is 2.05 bits per heavy atom. The van der Waals surface area contributed by atoms with E-state index in [4.69, 9.17) is 4.98 Å². The second kappa shape index (κ2) is 5.49. The summed E-state index contributed by atoms with van der Waals surface area (Å²) in [7, 11) is 0. The fraction of sp³-hybridized carbons (Fsp3) is 0.375. The number of hydrogen-bond acceptors (Lipinski definition) is 3. The lowest BCUT2D eigenvalue weighted by Crippen LogP contribution is -2.10. The van der Waals surface area contributed by atoms with Gasteiger partial charge >= 0.3 is 0 Å². The number of rotatable bonds is 3. The van der Waals surface area contributed by atoms with Gasteiger partial charge in [0.05, 0.1) is 5.69 Å². The van der Waals surface area contributed by atoms with E-state index in [9.17, 15) is 0 Å². The van der Waals surface area contributed by atoms with E-state index in [1.807, 2.05) is 12.3 Å². The molecule has 1 fully saturated rings. The number of nitrogens with zero attached hydrogens (tertiary/aromatic N) is 2. The van der Waals surface area contributed by atoms with E-state index in [1.165, 1.54) is 11.1 Å². The normalized spacial score (nSPS) is 18.7. The molecular weight excluding hydrogens is 234 g/mol.